The molecular formula is C28H32N2O4. The molecule has 0 unspecified atom stereocenters. The van der Waals surface area contributed by atoms with Gasteiger partial charge in [-0.1, -0.05) is 61.7 Å². The van der Waals surface area contributed by atoms with Crippen molar-refractivity contribution in [2.45, 2.75) is 50.6 Å². The highest BCUT2D eigenvalue weighted by Crippen LogP contribution is 2.27. The highest BCUT2D eigenvalue weighted by Gasteiger charge is 2.34. The van der Waals surface area contributed by atoms with E-state index < -0.39 is 6.04 Å². The number of furan rings is 1. The number of benzene rings is 2. The monoisotopic (exact) mass is 460 g/mol. The van der Waals surface area contributed by atoms with Crippen LogP contribution in [-0.2, 0) is 11.2 Å². The van der Waals surface area contributed by atoms with Crippen molar-refractivity contribution in [3.8, 4) is 5.75 Å². The Morgan fingerprint density at radius 1 is 1.00 bits per heavy atom. The summed E-state index contributed by atoms with van der Waals surface area (Å²) in [5.41, 5.74) is 1.84. The molecule has 1 aliphatic carbocycles. The van der Waals surface area contributed by atoms with Gasteiger partial charge < -0.3 is 19.4 Å². The number of rotatable bonds is 9. The third-order valence-electron chi connectivity index (χ3n) is 6.42. The fraction of sp³-hybridized carbons (Fsp3) is 0.357. The number of carbonyl (C=O) groups excluding carboxylic acids is 2. The van der Waals surface area contributed by atoms with Crippen LogP contribution in [0, 0.1) is 0 Å². The van der Waals surface area contributed by atoms with Crippen LogP contribution in [0.5, 0.6) is 5.75 Å². The third kappa shape index (κ3) is 5.87. The van der Waals surface area contributed by atoms with Crippen LogP contribution in [0.15, 0.2) is 77.4 Å². The van der Waals surface area contributed by atoms with E-state index in [4.69, 9.17) is 9.15 Å². The molecule has 4 rings (SSSR count). The molecular weight excluding hydrogens is 428 g/mol. The maximum Gasteiger partial charge on any atom is 0.290 e. The number of methoxy groups -OCH3 is 1. The second-order valence-electron chi connectivity index (χ2n) is 8.73. The van der Waals surface area contributed by atoms with Gasteiger partial charge in [-0.25, -0.2) is 0 Å². The first-order valence-corrected chi connectivity index (χ1v) is 12.0. The van der Waals surface area contributed by atoms with Gasteiger partial charge in [-0.05, 0) is 54.7 Å². The lowest BCUT2D eigenvalue weighted by molar-refractivity contribution is -0.126. The summed E-state index contributed by atoms with van der Waals surface area (Å²) < 4.78 is 10.7. The van der Waals surface area contributed by atoms with Gasteiger partial charge in [0.2, 0.25) is 5.91 Å². The number of nitrogens with zero attached hydrogens (tertiary/aromatic N) is 1. The Morgan fingerprint density at radius 2 is 1.74 bits per heavy atom. The Hall–Kier alpha value is -3.54. The minimum absolute atomic E-state index is 0.136. The molecule has 1 saturated carbocycles. The van der Waals surface area contributed by atoms with E-state index in [9.17, 15) is 9.59 Å². The highest BCUT2D eigenvalue weighted by molar-refractivity contribution is 5.96. The van der Waals surface area contributed by atoms with Crippen LogP contribution in [-0.4, -0.2) is 36.4 Å². The summed E-state index contributed by atoms with van der Waals surface area (Å²) in [6.45, 7) is 0.373. The molecule has 3 aromatic rings. The third-order valence-corrected chi connectivity index (χ3v) is 6.42. The maximum absolute atomic E-state index is 13.7. The van der Waals surface area contributed by atoms with Crippen molar-refractivity contribution in [3.05, 3.63) is 89.9 Å². The summed E-state index contributed by atoms with van der Waals surface area (Å²) in [6, 6.07) is 20.0. The average Bonchev–Trinajstić information content (AvgIpc) is 3.43. The molecule has 1 fully saturated rings. The topological polar surface area (TPSA) is 71.8 Å². The van der Waals surface area contributed by atoms with E-state index in [1.165, 1.54) is 12.7 Å². The molecule has 2 amide bonds. The van der Waals surface area contributed by atoms with Crippen LogP contribution in [0.25, 0.3) is 0 Å². The Kier molecular flexibility index (Phi) is 8.02. The van der Waals surface area contributed by atoms with E-state index >= 15 is 0 Å². The number of carbonyl (C=O) groups is 2. The van der Waals surface area contributed by atoms with Gasteiger partial charge in [0, 0.05) is 12.6 Å². The van der Waals surface area contributed by atoms with Crippen LogP contribution < -0.4 is 10.1 Å². The van der Waals surface area contributed by atoms with Crippen molar-refractivity contribution in [3.63, 3.8) is 0 Å². The fourth-order valence-electron chi connectivity index (χ4n) is 4.57. The van der Waals surface area contributed by atoms with Gasteiger partial charge in [-0.15, -0.1) is 0 Å². The minimum Gasteiger partial charge on any atom is -0.497 e. The summed E-state index contributed by atoms with van der Waals surface area (Å²) in [4.78, 5) is 28.9. The summed E-state index contributed by atoms with van der Waals surface area (Å²) in [7, 11) is 1.61. The molecule has 1 atom stereocenters. The molecule has 6 nitrogen and oxygen atoms in total. The van der Waals surface area contributed by atoms with Crippen LogP contribution in [0.3, 0.4) is 0 Å². The number of ether oxygens (including phenoxy) is 1. The zero-order chi connectivity index (χ0) is 23.8. The average molecular weight is 461 g/mol. The molecule has 34 heavy (non-hydrogen) atoms. The molecule has 178 valence electrons. The van der Waals surface area contributed by atoms with Gasteiger partial charge in [-0.3, -0.25) is 9.59 Å². The SMILES string of the molecule is COc1ccc([C@H](C(=O)NC2CCCCC2)N(CCc2ccccc2)C(=O)c2ccco2)cc1. The lowest BCUT2D eigenvalue weighted by Crippen LogP contribution is -2.47. The first-order valence-electron chi connectivity index (χ1n) is 12.0. The van der Waals surface area contributed by atoms with Crippen LogP contribution in [0.1, 0.15) is 59.8 Å². The molecule has 0 aliphatic heterocycles. The molecule has 1 heterocycles. The number of hydrogen-bond acceptors (Lipinski definition) is 4. The van der Waals surface area contributed by atoms with E-state index in [2.05, 4.69) is 5.32 Å². The molecule has 0 radical (unpaired) electrons. The normalized spacial score (nSPS) is 14.9. The van der Waals surface area contributed by atoms with Crippen molar-refractivity contribution in [1.29, 1.82) is 0 Å². The lowest BCUT2D eigenvalue weighted by Gasteiger charge is -2.33. The maximum atomic E-state index is 13.7. The molecule has 1 aromatic heterocycles. The van der Waals surface area contributed by atoms with Crippen LogP contribution >= 0.6 is 0 Å². The van der Waals surface area contributed by atoms with Gasteiger partial charge in [0.05, 0.1) is 13.4 Å². The summed E-state index contributed by atoms with van der Waals surface area (Å²) in [6.07, 6.45) is 7.47. The van der Waals surface area contributed by atoms with Crippen molar-refractivity contribution >= 4 is 11.8 Å². The van der Waals surface area contributed by atoms with Gasteiger partial charge in [0.25, 0.3) is 5.91 Å². The van der Waals surface area contributed by atoms with Gasteiger partial charge in [0.1, 0.15) is 11.8 Å². The molecule has 6 heteroatoms. The second kappa shape index (κ2) is 11.5. The van der Waals surface area contributed by atoms with Gasteiger partial charge in [-0.2, -0.15) is 0 Å². The van der Waals surface area contributed by atoms with Crippen molar-refractivity contribution < 1.29 is 18.7 Å². The molecule has 2 aromatic carbocycles. The van der Waals surface area contributed by atoms with Gasteiger partial charge >= 0.3 is 0 Å². The number of hydrogen-bond donors (Lipinski definition) is 1. The quantitative estimate of drug-likeness (QED) is 0.479. The Morgan fingerprint density at radius 3 is 2.38 bits per heavy atom. The molecule has 0 bridgehead atoms. The van der Waals surface area contributed by atoms with Crippen molar-refractivity contribution in [1.82, 2.24) is 10.2 Å². The van der Waals surface area contributed by atoms with Crippen LogP contribution in [0.2, 0.25) is 0 Å². The Bertz CT molecular complexity index is 1040. The molecule has 0 spiro atoms. The molecule has 0 saturated heterocycles. The zero-order valence-electron chi connectivity index (χ0n) is 19.6. The number of amides is 2. The summed E-state index contributed by atoms with van der Waals surface area (Å²) in [5, 5.41) is 3.23. The smallest absolute Gasteiger partial charge is 0.290 e. The first-order chi connectivity index (χ1) is 16.7. The molecule has 1 N–H and O–H groups in total. The minimum atomic E-state index is -0.783. The Labute approximate surface area is 200 Å². The van der Waals surface area contributed by atoms with Crippen LogP contribution in [0.4, 0.5) is 0 Å². The van der Waals surface area contributed by atoms with E-state index in [0.717, 1.165) is 36.8 Å². The predicted molar refractivity (Wildman–Crippen MR) is 131 cm³/mol. The zero-order valence-corrected chi connectivity index (χ0v) is 19.6. The fourth-order valence-corrected chi connectivity index (χ4v) is 4.57. The van der Waals surface area contributed by atoms with E-state index in [1.807, 2.05) is 54.6 Å². The second-order valence-corrected chi connectivity index (χ2v) is 8.73. The highest BCUT2D eigenvalue weighted by atomic mass is 16.5. The first kappa shape index (κ1) is 23.6. The Balaban J connectivity index is 1.67. The summed E-state index contributed by atoms with van der Waals surface area (Å²) in [5.74, 6) is 0.450. The van der Waals surface area contributed by atoms with E-state index in [1.54, 1.807) is 24.1 Å². The van der Waals surface area contributed by atoms with Gasteiger partial charge in [0.15, 0.2) is 5.76 Å². The number of nitrogens with one attached hydrogen (secondary N) is 1. The largest absolute Gasteiger partial charge is 0.497 e. The predicted octanol–water partition coefficient (Wildman–Crippen LogP) is 5.16. The standard InChI is InChI=1S/C28H32N2O4/c1-33-24-16-14-22(15-17-24)26(27(31)29-23-11-6-3-7-12-23)30(28(32)25-13-8-20-34-25)19-18-21-9-4-2-5-10-21/h2,4-5,8-10,13-17,20,23,26H,3,6-7,11-12,18-19H2,1H3,(H,29,31)/t26-/m1/s1. The van der Waals surface area contributed by atoms with E-state index in [-0.39, 0.29) is 23.6 Å². The lowest BCUT2D eigenvalue weighted by atomic mass is 9.94. The van der Waals surface area contributed by atoms with E-state index in [0.29, 0.717) is 18.7 Å². The van der Waals surface area contributed by atoms with Crippen molar-refractivity contribution in [2.75, 3.05) is 13.7 Å². The summed E-state index contributed by atoms with van der Waals surface area (Å²) >= 11 is 0. The molecule has 1 aliphatic rings. The van der Waals surface area contributed by atoms with Crippen molar-refractivity contribution in [2.24, 2.45) is 0 Å².